The smallest absolute Gasteiger partial charge is 0.338 e. The van der Waals surface area contributed by atoms with Crippen molar-refractivity contribution in [2.24, 2.45) is 0 Å². The number of piperidine rings is 1. The van der Waals surface area contributed by atoms with Gasteiger partial charge in [0.15, 0.2) is 11.5 Å². The van der Waals surface area contributed by atoms with E-state index >= 15 is 0 Å². The number of hydrogen-bond donors (Lipinski definition) is 0. The predicted octanol–water partition coefficient (Wildman–Crippen LogP) is 5.69. The molecule has 5 heterocycles. The Kier molecular flexibility index (Phi) is 7.60. The van der Waals surface area contributed by atoms with Crippen LogP contribution in [0.4, 0.5) is 0 Å². The molecule has 4 aromatic rings. The highest BCUT2D eigenvalue weighted by atomic mass is 35.5. The number of likely N-dealkylation sites (tertiary alicyclic amines) is 1. The standard InChI is InChI=1S/C33H35ClN4O6/c1-33(28-8-7-22(34)17-35-28)43-26-6-4-5-24(31(26)44-33)20-9-12-37(13-10-20)19-29-36-30-25(38(29)18-23-11-14-42-23)15-21(32(39)41-3)16-27(30)40-2/h4-8,15-17,20,23H,9-14,18-19H2,1-3H3/t23-,33?/m0/s1. The summed E-state index contributed by atoms with van der Waals surface area (Å²) < 4.78 is 31.4. The Morgan fingerprint density at radius 1 is 1.11 bits per heavy atom. The molecule has 1 unspecified atom stereocenters. The molecule has 3 aliphatic heterocycles. The molecule has 44 heavy (non-hydrogen) atoms. The fraction of sp³-hybridized carbons (Fsp3) is 0.424. The summed E-state index contributed by atoms with van der Waals surface area (Å²) in [6.07, 6.45) is 4.67. The lowest BCUT2D eigenvalue weighted by atomic mass is 9.88. The zero-order valence-electron chi connectivity index (χ0n) is 25.0. The second-order valence-electron chi connectivity index (χ2n) is 11.7. The van der Waals surface area contributed by atoms with Gasteiger partial charge < -0.3 is 28.3 Å². The highest BCUT2D eigenvalue weighted by Gasteiger charge is 2.42. The Hall–Kier alpha value is -3.86. The van der Waals surface area contributed by atoms with Crippen LogP contribution in [0.1, 0.15) is 59.5 Å². The van der Waals surface area contributed by atoms with Crippen molar-refractivity contribution in [2.45, 2.75) is 57.1 Å². The normalized spacial score (nSPS) is 21.8. The number of carbonyl (C=O) groups is 1. The number of rotatable bonds is 8. The zero-order chi connectivity index (χ0) is 30.4. The molecule has 2 atom stereocenters. The second-order valence-corrected chi connectivity index (χ2v) is 12.1. The molecule has 2 aromatic heterocycles. The van der Waals surface area contributed by atoms with Crippen molar-refractivity contribution in [2.75, 3.05) is 33.9 Å². The maximum Gasteiger partial charge on any atom is 0.338 e. The molecule has 0 aliphatic carbocycles. The van der Waals surface area contributed by atoms with E-state index in [4.69, 9.17) is 40.3 Å². The van der Waals surface area contributed by atoms with Gasteiger partial charge in [0.25, 0.3) is 5.79 Å². The number of imidazole rings is 1. The van der Waals surface area contributed by atoms with Crippen molar-refractivity contribution in [3.05, 3.63) is 76.3 Å². The summed E-state index contributed by atoms with van der Waals surface area (Å²) in [6, 6.07) is 13.3. The number of para-hydroxylation sites is 1. The van der Waals surface area contributed by atoms with Crippen molar-refractivity contribution in [3.8, 4) is 17.2 Å². The second kappa shape index (κ2) is 11.6. The van der Waals surface area contributed by atoms with Gasteiger partial charge in [-0.2, -0.15) is 0 Å². The quantitative estimate of drug-likeness (QED) is 0.231. The number of ether oxygens (including phenoxy) is 5. The molecular weight excluding hydrogens is 584 g/mol. The van der Waals surface area contributed by atoms with Gasteiger partial charge in [0.05, 0.1) is 49.5 Å². The molecule has 2 saturated heterocycles. The fourth-order valence-corrected chi connectivity index (χ4v) is 6.52. The summed E-state index contributed by atoms with van der Waals surface area (Å²) in [6.45, 7) is 5.81. The lowest BCUT2D eigenvalue weighted by Gasteiger charge is -2.33. The van der Waals surface area contributed by atoms with Crippen LogP contribution in [0.25, 0.3) is 11.0 Å². The van der Waals surface area contributed by atoms with E-state index < -0.39 is 11.8 Å². The first kappa shape index (κ1) is 28.9. The van der Waals surface area contributed by atoms with Crippen molar-refractivity contribution in [1.29, 1.82) is 0 Å². The third-order valence-corrected chi connectivity index (χ3v) is 9.14. The monoisotopic (exact) mass is 618 g/mol. The number of benzene rings is 2. The van der Waals surface area contributed by atoms with Crippen molar-refractivity contribution in [1.82, 2.24) is 19.4 Å². The van der Waals surface area contributed by atoms with E-state index in [0.29, 0.717) is 41.0 Å². The van der Waals surface area contributed by atoms with Crippen molar-refractivity contribution in [3.63, 3.8) is 0 Å². The molecule has 10 nitrogen and oxygen atoms in total. The zero-order valence-corrected chi connectivity index (χ0v) is 25.8. The average Bonchev–Trinajstić information content (AvgIpc) is 3.55. The van der Waals surface area contributed by atoms with Crippen LogP contribution in [0.2, 0.25) is 5.02 Å². The Bertz CT molecular complexity index is 1700. The van der Waals surface area contributed by atoms with Crippen LogP contribution >= 0.6 is 11.6 Å². The highest BCUT2D eigenvalue weighted by molar-refractivity contribution is 6.30. The number of aromatic nitrogens is 3. The van der Waals surface area contributed by atoms with Crippen molar-refractivity contribution < 1.29 is 28.5 Å². The number of esters is 1. The fourth-order valence-electron chi connectivity index (χ4n) is 6.41. The number of pyridine rings is 1. The molecule has 11 heteroatoms. The topological polar surface area (TPSA) is 97.2 Å². The van der Waals surface area contributed by atoms with Crippen LogP contribution in [0, 0.1) is 0 Å². The Morgan fingerprint density at radius 2 is 1.93 bits per heavy atom. The first-order valence-electron chi connectivity index (χ1n) is 15.0. The Balaban J connectivity index is 1.10. The van der Waals surface area contributed by atoms with Crippen LogP contribution in [-0.2, 0) is 28.4 Å². The molecule has 0 amide bonds. The van der Waals surface area contributed by atoms with Gasteiger partial charge in [0.2, 0.25) is 0 Å². The van der Waals surface area contributed by atoms with E-state index in [9.17, 15) is 4.79 Å². The maximum atomic E-state index is 12.4. The average molecular weight is 619 g/mol. The molecule has 2 aromatic carbocycles. The summed E-state index contributed by atoms with van der Waals surface area (Å²) in [5.74, 6) is 1.91. The minimum atomic E-state index is -1.01. The van der Waals surface area contributed by atoms with Gasteiger partial charge in [0.1, 0.15) is 22.8 Å². The van der Waals surface area contributed by atoms with E-state index in [1.54, 1.807) is 25.4 Å². The van der Waals surface area contributed by atoms with Crippen LogP contribution in [-0.4, -0.2) is 65.4 Å². The Labute approximate surface area is 260 Å². The summed E-state index contributed by atoms with van der Waals surface area (Å²) >= 11 is 6.06. The number of nitrogens with zero attached hydrogens (tertiary/aromatic N) is 4. The molecule has 0 saturated carbocycles. The van der Waals surface area contributed by atoms with Gasteiger partial charge in [-0.25, -0.2) is 9.78 Å². The molecule has 230 valence electrons. The van der Waals surface area contributed by atoms with E-state index in [2.05, 4.69) is 20.5 Å². The molecule has 7 rings (SSSR count). The number of carbonyl (C=O) groups excluding carboxylic acids is 1. The molecule has 0 spiro atoms. The summed E-state index contributed by atoms with van der Waals surface area (Å²) in [5, 5.41) is 0.567. The van der Waals surface area contributed by atoms with Crippen LogP contribution in [0.15, 0.2) is 48.7 Å². The molecule has 0 bridgehead atoms. The summed E-state index contributed by atoms with van der Waals surface area (Å²) in [4.78, 5) is 24.3. The van der Waals surface area contributed by atoms with Gasteiger partial charge in [-0.15, -0.1) is 0 Å². The van der Waals surface area contributed by atoms with Crippen LogP contribution in [0.5, 0.6) is 17.2 Å². The summed E-state index contributed by atoms with van der Waals surface area (Å²) in [7, 11) is 2.98. The predicted molar refractivity (Wildman–Crippen MR) is 164 cm³/mol. The number of methoxy groups -OCH3 is 2. The molecule has 0 radical (unpaired) electrons. The van der Waals surface area contributed by atoms with Gasteiger partial charge in [-0.3, -0.25) is 9.88 Å². The first-order valence-corrected chi connectivity index (χ1v) is 15.4. The van der Waals surface area contributed by atoms with E-state index in [1.807, 2.05) is 31.2 Å². The largest absolute Gasteiger partial charge is 0.494 e. The molecular formula is C33H35ClN4O6. The summed E-state index contributed by atoms with van der Waals surface area (Å²) in [5.41, 5.74) is 3.85. The number of halogens is 1. The molecule has 3 aliphatic rings. The maximum absolute atomic E-state index is 12.4. The highest BCUT2D eigenvalue weighted by Crippen LogP contribution is 2.49. The van der Waals surface area contributed by atoms with E-state index in [0.717, 1.165) is 72.9 Å². The SMILES string of the molecule is COC(=O)c1cc(OC)c2nc(CN3CCC(c4cccc5c4OC(C)(c4ccc(Cl)cn4)O5)CC3)n(C[C@@H]3CCO3)c2c1. The number of fused-ring (bicyclic) bond motifs is 2. The third kappa shape index (κ3) is 5.25. The van der Waals surface area contributed by atoms with Gasteiger partial charge >= 0.3 is 5.97 Å². The lowest BCUT2D eigenvalue weighted by molar-refractivity contribution is -0.0722. The third-order valence-electron chi connectivity index (χ3n) is 8.91. The first-order chi connectivity index (χ1) is 21.3. The number of hydrogen-bond acceptors (Lipinski definition) is 9. The van der Waals surface area contributed by atoms with E-state index in [-0.39, 0.29) is 6.10 Å². The Morgan fingerprint density at radius 3 is 2.61 bits per heavy atom. The minimum Gasteiger partial charge on any atom is -0.494 e. The minimum absolute atomic E-state index is 0.126. The van der Waals surface area contributed by atoms with Gasteiger partial charge in [0, 0.05) is 25.3 Å². The lowest BCUT2D eigenvalue weighted by Crippen LogP contribution is -2.35. The van der Waals surface area contributed by atoms with Crippen molar-refractivity contribution >= 4 is 28.6 Å². The van der Waals surface area contributed by atoms with Gasteiger partial charge in [-0.05, 0) is 68.6 Å². The molecule has 0 N–H and O–H groups in total. The van der Waals surface area contributed by atoms with E-state index in [1.165, 1.54) is 7.11 Å². The molecule has 2 fully saturated rings. The van der Waals surface area contributed by atoms with Crippen LogP contribution < -0.4 is 14.2 Å². The van der Waals surface area contributed by atoms with Gasteiger partial charge in [-0.1, -0.05) is 23.7 Å². The van der Waals surface area contributed by atoms with Crippen LogP contribution in [0.3, 0.4) is 0 Å².